The van der Waals surface area contributed by atoms with Crippen molar-refractivity contribution in [3.63, 3.8) is 0 Å². The van der Waals surface area contributed by atoms with E-state index in [1.165, 1.54) is 12.1 Å². The van der Waals surface area contributed by atoms with Crippen LogP contribution >= 0.6 is 0 Å². The fourth-order valence-corrected chi connectivity index (χ4v) is 3.17. The van der Waals surface area contributed by atoms with Crippen molar-refractivity contribution < 1.29 is 30.9 Å². The summed E-state index contributed by atoms with van der Waals surface area (Å²) < 4.78 is 68.8. The number of amides is 1. The first-order chi connectivity index (χ1) is 12.0. The second-order valence-electron chi connectivity index (χ2n) is 5.47. The van der Waals surface area contributed by atoms with Crippen molar-refractivity contribution in [1.29, 1.82) is 0 Å². The molecule has 0 fully saturated rings. The predicted molar refractivity (Wildman–Crippen MR) is 88.1 cm³/mol. The molecule has 0 radical (unpaired) electrons. The first-order valence-corrected chi connectivity index (χ1v) is 9.20. The zero-order chi connectivity index (χ0) is 19.5. The summed E-state index contributed by atoms with van der Waals surface area (Å²) in [4.78, 5) is 11.9. The Morgan fingerprint density at radius 1 is 1.31 bits per heavy atom. The molecule has 1 aromatic heterocycles. The van der Waals surface area contributed by atoms with Crippen LogP contribution in [0.4, 0.5) is 24.7 Å². The van der Waals surface area contributed by atoms with E-state index in [1.54, 1.807) is 6.92 Å². The quantitative estimate of drug-likeness (QED) is 0.817. The van der Waals surface area contributed by atoms with E-state index in [0.717, 1.165) is 24.5 Å². The lowest BCUT2D eigenvalue weighted by atomic mass is 10.1. The van der Waals surface area contributed by atoms with Gasteiger partial charge in [0, 0.05) is 19.0 Å². The fourth-order valence-electron chi connectivity index (χ4n) is 2.23. The normalized spacial score (nSPS) is 12.0. The summed E-state index contributed by atoms with van der Waals surface area (Å²) >= 11 is 0. The molecule has 1 aromatic carbocycles. The van der Waals surface area contributed by atoms with Crippen molar-refractivity contribution >= 4 is 27.4 Å². The third kappa shape index (κ3) is 4.97. The van der Waals surface area contributed by atoms with E-state index in [-0.39, 0.29) is 12.2 Å². The molecular formula is C15H16F3N3O4S. The van der Waals surface area contributed by atoms with Gasteiger partial charge < -0.3 is 9.84 Å². The number of carbonyl (C=O) groups is 1. The van der Waals surface area contributed by atoms with Crippen molar-refractivity contribution in [3.05, 3.63) is 41.7 Å². The number of para-hydroxylation sites is 1. The summed E-state index contributed by atoms with van der Waals surface area (Å²) in [6, 6.07) is 5.73. The van der Waals surface area contributed by atoms with Crippen molar-refractivity contribution in [2.45, 2.75) is 19.5 Å². The molecule has 1 amide bonds. The highest BCUT2D eigenvalue weighted by molar-refractivity contribution is 7.92. The number of aryl methyl sites for hydroxylation is 1. The minimum atomic E-state index is -4.74. The smallest absolute Gasteiger partial charge is 0.360 e. The maximum Gasteiger partial charge on any atom is 0.418 e. The van der Waals surface area contributed by atoms with Gasteiger partial charge in [-0.1, -0.05) is 17.3 Å². The molecule has 0 aliphatic carbocycles. The van der Waals surface area contributed by atoms with Crippen molar-refractivity contribution in [1.82, 2.24) is 5.16 Å². The average Bonchev–Trinajstić information content (AvgIpc) is 2.90. The summed E-state index contributed by atoms with van der Waals surface area (Å²) in [6.07, 6.45) is -4.33. The number of nitrogens with zero attached hydrogens (tertiary/aromatic N) is 2. The largest absolute Gasteiger partial charge is 0.418 e. The number of alkyl halides is 3. The number of hydrogen-bond donors (Lipinski definition) is 1. The van der Waals surface area contributed by atoms with Gasteiger partial charge in [-0.05, 0) is 19.1 Å². The summed E-state index contributed by atoms with van der Waals surface area (Å²) in [6.45, 7) is 1.15. The number of benzene rings is 1. The van der Waals surface area contributed by atoms with Gasteiger partial charge in [0.25, 0.3) is 0 Å². The van der Waals surface area contributed by atoms with Crippen LogP contribution in [0.15, 0.2) is 34.9 Å². The van der Waals surface area contributed by atoms with Crippen LogP contribution in [0, 0.1) is 6.92 Å². The summed E-state index contributed by atoms with van der Waals surface area (Å²) in [5.74, 6) is -0.0253. The number of hydrogen-bond acceptors (Lipinski definition) is 5. The van der Waals surface area contributed by atoms with Gasteiger partial charge in [0.05, 0.1) is 17.5 Å². The summed E-state index contributed by atoms with van der Waals surface area (Å²) in [5, 5.41) is 5.93. The second-order valence-corrected chi connectivity index (χ2v) is 7.38. The lowest BCUT2D eigenvalue weighted by Gasteiger charge is -2.25. The zero-order valence-electron chi connectivity index (χ0n) is 13.9. The molecule has 0 bridgehead atoms. The number of aromatic nitrogens is 1. The molecule has 11 heteroatoms. The monoisotopic (exact) mass is 391 g/mol. The third-order valence-corrected chi connectivity index (χ3v) is 4.50. The Labute approximate surface area is 147 Å². The van der Waals surface area contributed by atoms with Crippen LogP contribution in [0.3, 0.4) is 0 Å². The molecule has 0 saturated carbocycles. The molecule has 2 aromatic rings. The van der Waals surface area contributed by atoms with E-state index in [0.29, 0.717) is 10.1 Å². The molecule has 1 heterocycles. The van der Waals surface area contributed by atoms with Gasteiger partial charge in [0.1, 0.15) is 5.76 Å². The van der Waals surface area contributed by atoms with Crippen LogP contribution in [0.25, 0.3) is 0 Å². The van der Waals surface area contributed by atoms with Crippen LogP contribution in [0.2, 0.25) is 0 Å². The van der Waals surface area contributed by atoms with E-state index < -0.39 is 39.9 Å². The van der Waals surface area contributed by atoms with Crippen molar-refractivity contribution in [3.8, 4) is 0 Å². The lowest BCUT2D eigenvalue weighted by molar-refractivity contribution is -0.137. The highest BCUT2D eigenvalue weighted by Crippen LogP contribution is 2.37. The highest BCUT2D eigenvalue weighted by atomic mass is 32.2. The topological polar surface area (TPSA) is 92.5 Å². The predicted octanol–water partition coefficient (Wildman–Crippen LogP) is 2.80. The molecule has 7 nitrogen and oxygen atoms in total. The number of halogens is 3. The molecule has 0 aliphatic rings. The van der Waals surface area contributed by atoms with Crippen LogP contribution in [0.5, 0.6) is 0 Å². The Hall–Kier alpha value is -2.56. The Morgan fingerprint density at radius 3 is 2.50 bits per heavy atom. The number of sulfonamides is 1. The lowest BCUT2D eigenvalue weighted by Crippen LogP contribution is -2.34. The third-order valence-electron chi connectivity index (χ3n) is 3.32. The highest BCUT2D eigenvalue weighted by Gasteiger charge is 2.36. The second kappa shape index (κ2) is 7.36. The number of anilines is 2. The van der Waals surface area contributed by atoms with E-state index in [1.807, 2.05) is 0 Å². The molecular weight excluding hydrogens is 375 g/mol. The van der Waals surface area contributed by atoms with E-state index in [4.69, 9.17) is 4.52 Å². The Balaban J connectivity index is 2.21. The zero-order valence-corrected chi connectivity index (χ0v) is 14.7. The van der Waals surface area contributed by atoms with Gasteiger partial charge in [0.2, 0.25) is 15.9 Å². The molecule has 26 heavy (non-hydrogen) atoms. The molecule has 0 spiro atoms. The van der Waals surface area contributed by atoms with Crippen molar-refractivity contribution in [2.75, 3.05) is 22.4 Å². The molecule has 0 aliphatic heterocycles. The first-order valence-electron chi connectivity index (χ1n) is 7.35. The molecule has 142 valence electrons. The van der Waals surface area contributed by atoms with Gasteiger partial charge in [0.15, 0.2) is 5.82 Å². The fraction of sp³-hybridized carbons (Fsp3) is 0.333. The Morgan fingerprint density at radius 2 is 1.96 bits per heavy atom. The van der Waals surface area contributed by atoms with Gasteiger partial charge >= 0.3 is 6.18 Å². The number of rotatable bonds is 6. The van der Waals surface area contributed by atoms with E-state index in [2.05, 4.69) is 10.5 Å². The minimum Gasteiger partial charge on any atom is -0.360 e. The van der Waals surface area contributed by atoms with Crippen LogP contribution in [-0.2, 0) is 21.0 Å². The van der Waals surface area contributed by atoms with E-state index >= 15 is 0 Å². The summed E-state index contributed by atoms with van der Waals surface area (Å²) in [5.41, 5.74) is -1.63. The van der Waals surface area contributed by atoms with Gasteiger partial charge in [-0.3, -0.25) is 9.10 Å². The van der Waals surface area contributed by atoms with Gasteiger partial charge in [-0.15, -0.1) is 0 Å². The van der Waals surface area contributed by atoms with Gasteiger partial charge in [-0.25, -0.2) is 8.42 Å². The summed E-state index contributed by atoms with van der Waals surface area (Å²) in [7, 11) is -4.05. The Kier molecular flexibility index (Phi) is 5.59. The molecule has 0 saturated heterocycles. The van der Waals surface area contributed by atoms with Crippen LogP contribution in [-0.4, -0.2) is 32.3 Å². The Bertz CT molecular complexity index is 894. The standard InChI is InChI=1S/C15H16F3N3O4S/c1-10-9-13(20-25-10)19-14(22)7-8-21(26(2,23)24)12-6-4-3-5-11(12)15(16,17)18/h3-6,9H,7-8H2,1-2H3,(H,19,20,22). The van der Waals surface area contributed by atoms with Crippen LogP contribution in [0.1, 0.15) is 17.7 Å². The van der Waals surface area contributed by atoms with Gasteiger partial charge in [-0.2, -0.15) is 13.2 Å². The number of nitrogens with one attached hydrogen (secondary N) is 1. The molecule has 0 unspecified atom stereocenters. The SMILES string of the molecule is Cc1cc(NC(=O)CCN(c2ccccc2C(F)(F)F)S(C)(=O)=O)no1. The van der Waals surface area contributed by atoms with E-state index in [9.17, 15) is 26.4 Å². The number of carbonyl (C=O) groups excluding carboxylic acids is 1. The maximum atomic E-state index is 13.2. The first kappa shape index (κ1) is 19.8. The average molecular weight is 391 g/mol. The molecule has 2 rings (SSSR count). The molecule has 0 atom stereocenters. The maximum absolute atomic E-state index is 13.2. The van der Waals surface area contributed by atoms with Crippen molar-refractivity contribution in [2.24, 2.45) is 0 Å². The molecule has 1 N–H and O–H groups in total. The van der Waals surface area contributed by atoms with Crippen LogP contribution < -0.4 is 9.62 Å². The minimum absolute atomic E-state index is 0.133.